The molecule has 4 aromatic rings. The molecule has 188 valence electrons. The number of H-pyrrole nitrogens is 1. The molecular formula is C26H25F2N3O4S. The molecule has 2 heterocycles. The van der Waals surface area contributed by atoms with Gasteiger partial charge in [-0.25, -0.2) is 21.9 Å². The summed E-state index contributed by atoms with van der Waals surface area (Å²) in [4.78, 5) is 29.0. The first-order valence-corrected chi connectivity index (χ1v) is 12.9. The van der Waals surface area contributed by atoms with Crippen molar-refractivity contribution in [3.8, 4) is 11.1 Å². The van der Waals surface area contributed by atoms with E-state index < -0.39 is 38.4 Å². The number of hydrogen-bond acceptors (Lipinski definition) is 4. The van der Waals surface area contributed by atoms with Crippen molar-refractivity contribution >= 4 is 26.8 Å². The van der Waals surface area contributed by atoms with Crippen molar-refractivity contribution in [2.24, 2.45) is 0 Å². The highest BCUT2D eigenvalue weighted by atomic mass is 32.2. The van der Waals surface area contributed by atoms with E-state index in [1.807, 2.05) is 19.1 Å². The second-order valence-electron chi connectivity index (χ2n) is 8.69. The number of rotatable bonds is 7. The fourth-order valence-electron chi connectivity index (χ4n) is 4.04. The van der Waals surface area contributed by atoms with Crippen LogP contribution in [0.2, 0.25) is 0 Å². The average molecular weight is 514 g/mol. The normalized spacial score (nSPS) is 11.8. The summed E-state index contributed by atoms with van der Waals surface area (Å²) in [6, 6.07) is 11.4. The number of amides is 1. The second kappa shape index (κ2) is 9.69. The first-order chi connectivity index (χ1) is 17.0. The molecule has 0 bridgehead atoms. The molecule has 0 saturated carbocycles. The molecule has 0 radical (unpaired) electrons. The van der Waals surface area contributed by atoms with Gasteiger partial charge in [0.15, 0.2) is 0 Å². The van der Waals surface area contributed by atoms with Gasteiger partial charge in [-0.05, 0) is 68.3 Å². The quantitative estimate of drug-likeness (QED) is 0.384. The fraction of sp³-hybridized carbons (Fsp3) is 0.231. The minimum Gasteiger partial charge on any atom is -0.331 e. The number of halogens is 2. The van der Waals surface area contributed by atoms with Crippen molar-refractivity contribution in [2.45, 2.75) is 39.0 Å². The van der Waals surface area contributed by atoms with E-state index in [9.17, 15) is 26.8 Å². The highest BCUT2D eigenvalue weighted by Gasteiger charge is 2.29. The smallest absolute Gasteiger partial charge is 0.282 e. The van der Waals surface area contributed by atoms with Crippen LogP contribution < -0.4 is 10.3 Å². The Labute approximate surface area is 206 Å². The molecule has 0 aliphatic carbocycles. The maximum absolute atomic E-state index is 14.6. The zero-order chi connectivity index (χ0) is 26.2. The van der Waals surface area contributed by atoms with Crippen LogP contribution in [-0.4, -0.2) is 29.1 Å². The summed E-state index contributed by atoms with van der Waals surface area (Å²) in [6.07, 6.45) is 2.10. The van der Waals surface area contributed by atoms with E-state index >= 15 is 0 Å². The summed E-state index contributed by atoms with van der Waals surface area (Å²) in [5.41, 5.74) is 1.03. The standard InChI is InChI=1S/C26H25F2N3O4S/c1-4-16-7-10-22-20(12-16)23(19-6-5-11-29-25(19)32)24(26(33)30-36(34,35)15(2)3)31(22)14-17-13-18(27)8-9-21(17)28/h5-13,15H,4,14H2,1-3H3,(H,29,32)(H,30,33). The number of nitrogens with zero attached hydrogens (tertiary/aromatic N) is 1. The van der Waals surface area contributed by atoms with E-state index in [0.29, 0.717) is 17.3 Å². The molecular weight excluding hydrogens is 488 g/mol. The summed E-state index contributed by atoms with van der Waals surface area (Å²) in [5, 5.41) is -0.398. The lowest BCUT2D eigenvalue weighted by atomic mass is 10.0. The molecule has 10 heteroatoms. The first-order valence-electron chi connectivity index (χ1n) is 11.4. The number of benzene rings is 2. The van der Waals surface area contributed by atoms with E-state index in [1.54, 1.807) is 12.1 Å². The predicted molar refractivity (Wildman–Crippen MR) is 134 cm³/mol. The summed E-state index contributed by atoms with van der Waals surface area (Å²) in [6.45, 7) is 4.51. The van der Waals surface area contributed by atoms with Gasteiger partial charge < -0.3 is 9.55 Å². The molecule has 0 aliphatic rings. The lowest BCUT2D eigenvalue weighted by molar-refractivity contribution is 0.0973. The molecule has 0 aliphatic heterocycles. The van der Waals surface area contributed by atoms with Crippen LogP contribution in [0.5, 0.6) is 0 Å². The van der Waals surface area contributed by atoms with Crippen molar-refractivity contribution in [3.05, 3.63) is 93.5 Å². The van der Waals surface area contributed by atoms with E-state index in [2.05, 4.69) is 9.71 Å². The molecule has 2 aromatic carbocycles. The number of carbonyl (C=O) groups excluding carboxylic acids is 1. The Balaban J connectivity index is 2.09. The number of fused-ring (bicyclic) bond motifs is 1. The number of carbonyl (C=O) groups is 1. The molecule has 36 heavy (non-hydrogen) atoms. The third-order valence-corrected chi connectivity index (χ3v) is 7.74. The number of sulfonamides is 1. The van der Waals surface area contributed by atoms with Gasteiger partial charge >= 0.3 is 0 Å². The van der Waals surface area contributed by atoms with Gasteiger partial charge in [0.1, 0.15) is 17.3 Å². The molecule has 0 spiro atoms. The zero-order valence-electron chi connectivity index (χ0n) is 19.9. The van der Waals surface area contributed by atoms with Crippen LogP contribution >= 0.6 is 0 Å². The summed E-state index contributed by atoms with van der Waals surface area (Å²) in [5.74, 6) is -2.33. The van der Waals surface area contributed by atoms with Crippen LogP contribution in [0.1, 0.15) is 42.4 Å². The Morgan fingerprint density at radius 3 is 2.53 bits per heavy atom. The van der Waals surface area contributed by atoms with E-state index in [1.165, 1.54) is 30.7 Å². The lowest BCUT2D eigenvalue weighted by Crippen LogP contribution is -2.37. The molecule has 0 saturated heterocycles. The highest BCUT2D eigenvalue weighted by Crippen LogP contribution is 2.35. The van der Waals surface area contributed by atoms with Crippen LogP contribution in [0.3, 0.4) is 0 Å². The molecule has 2 aromatic heterocycles. The Morgan fingerprint density at radius 2 is 1.86 bits per heavy atom. The number of pyridine rings is 1. The van der Waals surface area contributed by atoms with Gasteiger partial charge in [0.05, 0.1) is 11.8 Å². The summed E-state index contributed by atoms with van der Waals surface area (Å²) in [7, 11) is -4.04. The maximum Gasteiger partial charge on any atom is 0.282 e. The van der Waals surface area contributed by atoms with Crippen molar-refractivity contribution in [1.29, 1.82) is 0 Å². The molecule has 1 amide bonds. The Hall–Kier alpha value is -3.79. The van der Waals surface area contributed by atoms with E-state index in [0.717, 1.165) is 23.8 Å². The molecule has 7 nitrogen and oxygen atoms in total. The second-order valence-corrected chi connectivity index (χ2v) is 10.9. The maximum atomic E-state index is 14.6. The van der Waals surface area contributed by atoms with Crippen molar-refractivity contribution in [3.63, 3.8) is 0 Å². The van der Waals surface area contributed by atoms with Gasteiger partial charge in [0, 0.05) is 33.8 Å². The van der Waals surface area contributed by atoms with Gasteiger partial charge in [-0.2, -0.15) is 0 Å². The van der Waals surface area contributed by atoms with Crippen LogP contribution in [0.4, 0.5) is 8.78 Å². The van der Waals surface area contributed by atoms with Crippen molar-refractivity contribution < 1.29 is 22.0 Å². The molecule has 4 rings (SSSR count). The SMILES string of the molecule is CCc1ccc2c(c1)c(-c1ccc[nH]c1=O)c(C(=O)NS(=O)(=O)C(C)C)n2Cc1cc(F)ccc1F. The monoisotopic (exact) mass is 513 g/mol. The van der Waals surface area contributed by atoms with Crippen LogP contribution in [0, 0.1) is 11.6 Å². The lowest BCUT2D eigenvalue weighted by Gasteiger charge is -2.15. The average Bonchev–Trinajstić information content (AvgIpc) is 3.14. The van der Waals surface area contributed by atoms with Crippen molar-refractivity contribution in [1.82, 2.24) is 14.3 Å². The highest BCUT2D eigenvalue weighted by molar-refractivity contribution is 7.90. The fourth-order valence-corrected chi connectivity index (χ4v) is 4.63. The van der Waals surface area contributed by atoms with E-state index in [-0.39, 0.29) is 28.9 Å². The number of aromatic nitrogens is 2. The topological polar surface area (TPSA) is 101 Å². The summed E-state index contributed by atoms with van der Waals surface area (Å²) >= 11 is 0. The Bertz CT molecular complexity index is 1640. The van der Waals surface area contributed by atoms with Crippen LogP contribution in [-0.2, 0) is 23.0 Å². The number of nitrogens with one attached hydrogen (secondary N) is 2. The van der Waals surface area contributed by atoms with Crippen molar-refractivity contribution in [2.75, 3.05) is 0 Å². The molecule has 2 N–H and O–H groups in total. The molecule has 0 atom stereocenters. The first kappa shape index (κ1) is 25.3. The predicted octanol–water partition coefficient (Wildman–Crippen LogP) is 4.35. The minimum absolute atomic E-state index is 0.0410. The third kappa shape index (κ3) is 4.68. The minimum atomic E-state index is -4.04. The van der Waals surface area contributed by atoms with Gasteiger partial charge in [0.2, 0.25) is 10.0 Å². The number of aromatic amines is 1. The Morgan fingerprint density at radius 1 is 1.11 bits per heavy atom. The number of aryl methyl sites for hydroxylation is 1. The van der Waals surface area contributed by atoms with Crippen LogP contribution in [0.25, 0.3) is 22.0 Å². The van der Waals surface area contributed by atoms with Gasteiger partial charge in [-0.15, -0.1) is 0 Å². The molecule has 0 unspecified atom stereocenters. The number of hydrogen-bond donors (Lipinski definition) is 2. The molecule has 0 fully saturated rings. The summed E-state index contributed by atoms with van der Waals surface area (Å²) < 4.78 is 57.3. The van der Waals surface area contributed by atoms with E-state index in [4.69, 9.17) is 0 Å². The van der Waals surface area contributed by atoms with Gasteiger partial charge in [-0.1, -0.05) is 13.0 Å². The Kier molecular flexibility index (Phi) is 6.81. The van der Waals surface area contributed by atoms with Gasteiger partial charge in [-0.3, -0.25) is 9.59 Å². The van der Waals surface area contributed by atoms with Gasteiger partial charge in [0.25, 0.3) is 11.5 Å². The largest absolute Gasteiger partial charge is 0.331 e. The zero-order valence-corrected chi connectivity index (χ0v) is 20.7. The van der Waals surface area contributed by atoms with Crippen LogP contribution in [0.15, 0.2) is 59.5 Å². The third-order valence-electron chi connectivity index (χ3n) is 6.03.